The fourth-order valence-electron chi connectivity index (χ4n) is 3.92. The second kappa shape index (κ2) is 10.6. The highest BCUT2D eigenvalue weighted by Crippen LogP contribution is 2.21. The highest BCUT2D eigenvalue weighted by molar-refractivity contribution is 5.79. The summed E-state index contributed by atoms with van der Waals surface area (Å²) in [5, 5.41) is 6.04. The number of hydrogen-bond acceptors (Lipinski definition) is 3. The maximum Gasteiger partial charge on any atom is 0.222 e. The number of piperidine rings is 1. The van der Waals surface area contributed by atoms with Gasteiger partial charge in [-0.1, -0.05) is 50.6 Å². The molecule has 5 nitrogen and oxygen atoms in total. The Hall–Kier alpha value is -1.88. The highest BCUT2D eigenvalue weighted by Gasteiger charge is 2.26. The molecule has 0 aromatic heterocycles. The molecule has 0 aliphatic carbocycles. The largest absolute Gasteiger partial charge is 0.354 e. The van der Waals surface area contributed by atoms with Gasteiger partial charge in [0.15, 0.2) is 0 Å². The van der Waals surface area contributed by atoms with Gasteiger partial charge in [-0.2, -0.15) is 0 Å². The van der Waals surface area contributed by atoms with E-state index in [4.69, 9.17) is 0 Å². The van der Waals surface area contributed by atoms with Crippen LogP contribution in [0.5, 0.6) is 0 Å². The van der Waals surface area contributed by atoms with Crippen LogP contribution in [-0.2, 0) is 9.59 Å². The molecule has 0 bridgehead atoms. The number of carbonyl (C=O) groups excluding carboxylic acids is 2. The molecular formula is C23H37N3O2. The van der Waals surface area contributed by atoms with Crippen molar-refractivity contribution in [3.05, 3.63) is 35.4 Å². The maximum atomic E-state index is 12.7. The van der Waals surface area contributed by atoms with Crippen LogP contribution in [0, 0.1) is 18.8 Å². The van der Waals surface area contributed by atoms with Crippen LogP contribution >= 0.6 is 0 Å². The summed E-state index contributed by atoms with van der Waals surface area (Å²) < 4.78 is 0. The molecule has 0 radical (unpaired) electrons. The van der Waals surface area contributed by atoms with Gasteiger partial charge in [0, 0.05) is 19.5 Å². The molecule has 0 saturated carbocycles. The molecule has 2 N–H and O–H groups in total. The average molecular weight is 388 g/mol. The normalized spacial score (nSPS) is 17.9. The average Bonchev–Trinajstić information content (AvgIpc) is 2.63. The van der Waals surface area contributed by atoms with E-state index in [0.717, 1.165) is 30.1 Å². The van der Waals surface area contributed by atoms with Crippen molar-refractivity contribution < 1.29 is 9.59 Å². The first-order chi connectivity index (χ1) is 13.3. The number of benzene rings is 1. The van der Waals surface area contributed by atoms with Gasteiger partial charge < -0.3 is 10.6 Å². The first-order valence-electron chi connectivity index (χ1n) is 10.6. The van der Waals surface area contributed by atoms with Crippen molar-refractivity contribution in [2.24, 2.45) is 11.8 Å². The molecule has 2 amide bonds. The Balaban J connectivity index is 1.94. The van der Waals surface area contributed by atoms with E-state index in [1.165, 1.54) is 19.8 Å². The van der Waals surface area contributed by atoms with Gasteiger partial charge in [0.25, 0.3) is 0 Å². The van der Waals surface area contributed by atoms with Crippen LogP contribution in [0.4, 0.5) is 0 Å². The van der Waals surface area contributed by atoms with Crippen LogP contribution in [0.2, 0.25) is 0 Å². The Labute approximate surface area is 170 Å². The summed E-state index contributed by atoms with van der Waals surface area (Å²) in [6.07, 6.45) is 2.72. The van der Waals surface area contributed by atoms with Gasteiger partial charge in [-0.15, -0.1) is 0 Å². The van der Waals surface area contributed by atoms with Crippen molar-refractivity contribution in [3.63, 3.8) is 0 Å². The van der Waals surface area contributed by atoms with E-state index in [2.05, 4.69) is 36.3 Å². The summed E-state index contributed by atoms with van der Waals surface area (Å²) in [6.45, 7) is 13.2. The topological polar surface area (TPSA) is 61.4 Å². The number of carbonyl (C=O) groups is 2. The lowest BCUT2D eigenvalue weighted by atomic mass is 9.94. The molecule has 1 fully saturated rings. The minimum Gasteiger partial charge on any atom is -0.354 e. The first-order valence-corrected chi connectivity index (χ1v) is 10.6. The molecule has 0 spiro atoms. The van der Waals surface area contributed by atoms with E-state index in [-0.39, 0.29) is 24.3 Å². The summed E-state index contributed by atoms with van der Waals surface area (Å²) in [5.41, 5.74) is 2.12. The zero-order chi connectivity index (χ0) is 20.7. The Kier molecular flexibility index (Phi) is 8.49. The van der Waals surface area contributed by atoms with Gasteiger partial charge in [-0.3, -0.25) is 14.5 Å². The number of nitrogens with zero attached hydrogens (tertiary/aromatic N) is 1. The summed E-state index contributed by atoms with van der Waals surface area (Å²) in [7, 11) is 0. The van der Waals surface area contributed by atoms with Gasteiger partial charge in [-0.25, -0.2) is 0 Å². The third kappa shape index (κ3) is 6.93. The molecule has 1 aromatic carbocycles. The van der Waals surface area contributed by atoms with Crippen LogP contribution in [-0.4, -0.2) is 42.4 Å². The molecule has 28 heavy (non-hydrogen) atoms. The molecule has 1 heterocycles. The third-order valence-electron chi connectivity index (χ3n) is 5.81. The van der Waals surface area contributed by atoms with Crippen LogP contribution in [0.25, 0.3) is 0 Å². The minimum atomic E-state index is -0.300. The monoisotopic (exact) mass is 387 g/mol. The number of aryl methyl sites for hydroxylation is 1. The van der Waals surface area contributed by atoms with Crippen molar-refractivity contribution in [2.45, 2.75) is 66.0 Å². The second-order valence-corrected chi connectivity index (χ2v) is 8.70. The number of hydrogen-bond donors (Lipinski definition) is 2. The molecule has 1 aliphatic heterocycles. The lowest BCUT2D eigenvalue weighted by Crippen LogP contribution is -2.50. The van der Waals surface area contributed by atoms with Crippen molar-refractivity contribution in [1.82, 2.24) is 15.5 Å². The van der Waals surface area contributed by atoms with Crippen molar-refractivity contribution in [3.8, 4) is 0 Å². The predicted octanol–water partition coefficient (Wildman–Crippen LogP) is 3.44. The molecular weight excluding hydrogens is 350 g/mol. The molecule has 1 aliphatic rings. The Morgan fingerprint density at radius 2 is 1.75 bits per heavy atom. The van der Waals surface area contributed by atoms with Gasteiger partial charge in [0.1, 0.15) is 0 Å². The standard InChI is InChI=1S/C23H37N3O2/c1-16(2)22(26-12-10-18(4)11-13-26)15-24-23(28)14-21(25-19(5)27)20-8-6-17(3)7-9-20/h6-9,16,18,21-22H,10-15H2,1-5H3,(H,24,28)(H,25,27). The van der Waals surface area contributed by atoms with E-state index in [0.29, 0.717) is 18.5 Å². The second-order valence-electron chi connectivity index (χ2n) is 8.70. The SMILES string of the molecule is CC(=O)NC(CC(=O)NCC(C(C)C)N1CCC(C)CC1)c1ccc(C)cc1. The van der Waals surface area contributed by atoms with E-state index in [9.17, 15) is 9.59 Å². The fourth-order valence-corrected chi connectivity index (χ4v) is 3.92. The number of amides is 2. The summed E-state index contributed by atoms with van der Waals surface area (Å²) in [4.78, 5) is 26.8. The first kappa shape index (κ1) is 22.4. The highest BCUT2D eigenvalue weighted by atomic mass is 16.2. The lowest BCUT2D eigenvalue weighted by Gasteiger charge is -2.39. The van der Waals surface area contributed by atoms with E-state index >= 15 is 0 Å². The number of rotatable bonds is 8. The zero-order valence-electron chi connectivity index (χ0n) is 18.1. The number of nitrogens with one attached hydrogen (secondary N) is 2. The zero-order valence-corrected chi connectivity index (χ0v) is 18.1. The molecule has 5 heteroatoms. The number of likely N-dealkylation sites (tertiary alicyclic amines) is 1. The quantitative estimate of drug-likeness (QED) is 0.718. The van der Waals surface area contributed by atoms with Crippen LogP contribution in [0.3, 0.4) is 0 Å². The summed E-state index contributed by atoms with van der Waals surface area (Å²) >= 11 is 0. The molecule has 2 atom stereocenters. The minimum absolute atomic E-state index is 0.0182. The molecule has 1 aromatic rings. The Morgan fingerprint density at radius 1 is 1.14 bits per heavy atom. The van der Waals surface area contributed by atoms with Crippen LogP contribution in [0.1, 0.15) is 64.1 Å². The van der Waals surface area contributed by atoms with Gasteiger partial charge in [-0.05, 0) is 50.3 Å². The lowest BCUT2D eigenvalue weighted by molar-refractivity contribution is -0.123. The van der Waals surface area contributed by atoms with Crippen LogP contribution in [0.15, 0.2) is 24.3 Å². The molecule has 2 rings (SSSR count). The Bertz CT molecular complexity index is 634. The molecule has 1 saturated heterocycles. The van der Waals surface area contributed by atoms with Crippen molar-refractivity contribution in [1.29, 1.82) is 0 Å². The van der Waals surface area contributed by atoms with E-state index < -0.39 is 0 Å². The van der Waals surface area contributed by atoms with Crippen molar-refractivity contribution >= 4 is 11.8 Å². The summed E-state index contributed by atoms with van der Waals surface area (Å²) in [6, 6.07) is 8.04. The van der Waals surface area contributed by atoms with E-state index in [1.54, 1.807) is 0 Å². The van der Waals surface area contributed by atoms with Gasteiger partial charge in [0.05, 0.1) is 12.5 Å². The van der Waals surface area contributed by atoms with Gasteiger partial charge in [0.2, 0.25) is 11.8 Å². The van der Waals surface area contributed by atoms with Crippen molar-refractivity contribution in [2.75, 3.05) is 19.6 Å². The third-order valence-corrected chi connectivity index (χ3v) is 5.81. The predicted molar refractivity (Wildman–Crippen MR) is 114 cm³/mol. The van der Waals surface area contributed by atoms with E-state index in [1.807, 2.05) is 31.2 Å². The maximum absolute atomic E-state index is 12.7. The van der Waals surface area contributed by atoms with Crippen LogP contribution < -0.4 is 10.6 Å². The molecule has 2 unspecified atom stereocenters. The smallest absolute Gasteiger partial charge is 0.222 e. The van der Waals surface area contributed by atoms with Gasteiger partial charge >= 0.3 is 0 Å². The Morgan fingerprint density at radius 3 is 2.29 bits per heavy atom. The fraction of sp³-hybridized carbons (Fsp3) is 0.652. The summed E-state index contributed by atoms with van der Waals surface area (Å²) in [5.74, 6) is 1.14. The molecule has 156 valence electrons.